The standard InChI is InChI=1S/C64H38N2/c1-2-14-48(15-3-1)65-60-31-26-44(36-57(60)55-29-24-39-11-4-6-16-50(39)63(55)65)45-27-32-61-58(37-45)56-30-25-40-12-5-7-17-51(40)64(56)66(61)49-28-23-41-33-42(21-22-43(41)35-49)47-34-46-13-10-20-54-52-18-8-9-19-53(52)59(38-47)62(46)54/h1-38H. The van der Waals surface area contributed by atoms with E-state index in [-0.39, 0.29) is 0 Å². The van der Waals surface area contributed by atoms with E-state index in [2.05, 4.69) is 240 Å². The summed E-state index contributed by atoms with van der Waals surface area (Å²) in [5.74, 6) is 0. The van der Waals surface area contributed by atoms with Crippen LogP contribution in [0.15, 0.2) is 231 Å². The highest BCUT2D eigenvalue weighted by molar-refractivity contribution is 6.21. The third-order valence-corrected chi connectivity index (χ3v) is 14.6. The molecule has 0 radical (unpaired) electrons. The normalized spacial score (nSPS) is 12.2. The Bertz CT molecular complexity index is 4390. The quantitative estimate of drug-likeness (QED) is 0.167. The second-order valence-corrected chi connectivity index (χ2v) is 18.1. The van der Waals surface area contributed by atoms with Crippen molar-refractivity contribution >= 4 is 86.7 Å². The Kier molecular flexibility index (Phi) is 7.25. The number of hydrogen-bond acceptors (Lipinski definition) is 0. The Labute approximate surface area is 380 Å². The molecule has 14 aromatic rings. The summed E-state index contributed by atoms with van der Waals surface area (Å²) in [6.45, 7) is 0. The van der Waals surface area contributed by atoms with Crippen LogP contribution in [-0.4, -0.2) is 9.13 Å². The van der Waals surface area contributed by atoms with Crippen molar-refractivity contribution in [1.29, 1.82) is 0 Å². The molecule has 0 fully saturated rings. The largest absolute Gasteiger partial charge is 0.309 e. The van der Waals surface area contributed by atoms with Crippen LogP contribution in [0.5, 0.6) is 0 Å². The van der Waals surface area contributed by atoms with Crippen LogP contribution in [0.25, 0.3) is 143 Å². The number of aromatic nitrogens is 2. The number of para-hydroxylation sites is 1. The van der Waals surface area contributed by atoms with Gasteiger partial charge >= 0.3 is 0 Å². The van der Waals surface area contributed by atoms with E-state index in [0.717, 1.165) is 5.69 Å². The summed E-state index contributed by atoms with van der Waals surface area (Å²) in [6, 6.07) is 85.9. The molecule has 0 atom stereocenters. The zero-order chi connectivity index (χ0) is 43.0. The summed E-state index contributed by atoms with van der Waals surface area (Å²) in [7, 11) is 0. The van der Waals surface area contributed by atoms with E-state index in [9.17, 15) is 0 Å². The van der Waals surface area contributed by atoms with E-state index in [0.29, 0.717) is 0 Å². The molecule has 66 heavy (non-hydrogen) atoms. The first-order valence-corrected chi connectivity index (χ1v) is 22.9. The van der Waals surface area contributed by atoms with Crippen molar-refractivity contribution < 1.29 is 0 Å². The Morgan fingerprint density at radius 2 is 0.727 bits per heavy atom. The smallest absolute Gasteiger partial charge is 0.0619 e. The van der Waals surface area contributed by atoms with Gasteiger partial charge in [-0.2, -0.15) is 0 Å². The molecule has 0 saturated carbocycles. The van der Waals surface area contributed by atoms with Crippen LogP contribution in [0.1, 0.15) is 0 Å². The van der Waals surface area contributed by atoms with E-state index >= 15 is 0 Å². The predicted molar refractivity (Wildman–Crippen MR) is 280 cm³/mol. The molecule has 0 unspecified atom stereocenters. The second-order valence-electron chi connectivity index (χ2n) is 18.1. The minimum Gasteiger partial charge on any atom is -0.309 e. The maximum Gasteiger partial charge on any atom is 0.0619 e. The van der Waals surface area contributed by atoms with Crippen LogP contribution in [0.3, 0.4) is 0 Å². The van der Waals surface area contributed by atoms with E-state index < -0.39 is 0 Å². The molecule has 2 heteroatoms. The number of fused-ring (bicyclic) bond motifs is 14. The average molecular weight is 835 g/mol. The molecule has 0 aliphatic heterocycles. The lowest BCUT2D eigenvalue weighted by Crippen LogP contribution is -1.95. The number of benzene rings is 12. The van der Waals surface area contributed by atoms with Gasteiger partial charge in [-0.05, 0) is 144 Å². The Morgan fingerprint density at radius 1 is 0.227 bits per heavy atom. The monoisotopic (exact) mass is 834 g/mol. The molecule has 2 nitrogen and oxygen atoms in total. The molecule has 304 valence electrons. The van der Waals surface area contributed by atoms with Gasteiger partial charge in [0.15, 0.2) is 0 Å². The van der Waals surface area contributed by atoms with Crippen molar-refractivity contribution in [1.82, 2.24) is 9.13 Å². The summed E-state index contributed by atoms with van der Waals surface area (Å²) in [6.07, 6.45) is 0. The molecule has 0 bridgehead atoms. The Hall–Kier alpha value is -8.72. The van der Waals surface area contributed by atoms with Gasteiger partial charge in [-0.25, -0.2) is 0 Å². The van der Waals surface area contributed by atoms with Gasteiger partial charge in [0.1, 0.15) is 0 Å². The Morgan fingerprint density at radius 3 is 1.42 bits per heavy atom. The highest BCUT2D eigenvalue weighted by Gasteiger charge is 2.23. The van der Waals surface area contributed by atoms with Gasteiger partial charge in [0.05, 0.1) is 22.1 Å². The third kappa shape index (κ3) is 5.01. The summed E-state index contributed by atoms with van der Waals surface area (Å²) in [4.78, 5) is 0. The summed E-state index contributed by atoms with van der Waals surface area (Å²) >= 11 is 0. The zero-order valence-electron chi connectivity index (χ0n) is 35.8. The van der Waals surface area contributed by atoms with Gasteiger partial charge in [-0.15, -0.1) is 0 Å². The van der Waals surface area contributed by atoms with Gasteiger partial charge in [0, 0.05) is 43.7 Å². The SMILES string of the molecule is c1ccc(-n2c3ccc(-c4ccc5c(c4)c4ccc6ccccc6c4n5-c4ccc5cc(-c6cc7c8c(cccc8c6)-c6ccccc6-7)ccc5c4)cc3c3ccc4ccccc4c32)cc1. The molecule has 0 spiro atoms. The van der Waals surface area contributed by atoms with Crippen molar-refractivity contribution in [2.24, 2.45) is 0 Å². The highest BCUT2D eigenvalue weighted by Crippen LogP contribution is 2.49. The summed E-state index contributed by atoms with van der Waals surface area (Å²) < 4.78 is 4.93. The minimum atomic E-state index is 1.16. The van der Waals surface area contributed by atoms with Crippen molar-refractivity contribution in [3.8, 4) is 55.9 Å². The molecular formula is C64H38N2. The first-order valence-electron chi connectivity index (χ1n) is 22.9. The van der Waals surface area contributed by atoms with Crippen LogP contribution in [-0.2, 0) is 0 Å². The first-order chi connectivity index (χ1) is 32.7. The van der Waals surface area contributed by atoms with Crippen molar-refractivity contribution in [3.05, 3.63) is 231 Å². The van der Waals surface area contributed by atoms with Crippen LogP contribution < -0.4 is 0 Å². The molecule has 0 amide bonds. The van der Waals surface area contributed by atoms with Crippen LogP contribution in [0.2, 0.25) is 0 Å². The molecule has 0 N–H and O–H groups in total. The lowest BCUT2D eigenvalue weighted by molar-refractivity contribution is 1.19. The van der Waals surface area contributed by atoms with Gasteiger partial charge < -0.3 is 9.13 Å². The maximum atomic E-state index is 2.49. The molecule has 15 rings (SSSR count). The Balaban J connectivity index is 0.887. The van der Waals surface area contributed by atoms with E-state index in [1.54, 1.807) is 0 Å². The lowest BCUT2D eigenvalue weighted by Gasteiger charge is -2.13. The fourth-order valence-electron chi connectivity index (χ4n) is 11.6. The second kappa shape index (κ2) is 13.4. The number of rotatable bonds is 4. The molecule has 1 aliphatic rings. The van der Waals surface area contributed by atoms with Crippen LogP contribution in [0.4, 0.5) is 0 Å². The fourth-order valence-corrected chi connectivity index (χ4v) is 11.6. The number of nitrogens with zero attached hydrogens (tertiary/aromatic N) is 2. The fraction of sp³-hybridized carbons (Fsp3) is 0. The third-order valence-electron chi connectivity index (χ3n) is 14.6. The molecule has 1 aliphatic carbocycles. The van der Waals surface area contributed by atoms with E-state index in [1.165, 1.54) is 137 Å². The topological polar surface area (TPSA) is 9.86 Å². The van der Waals surface area contributed by atoms with E-state index in [1.807, 2.05) is 0 Å². The maximum absolute atomic E-state index is 2.49. The zero-order valence-corrected chi connectivity index (χ0v) is 35.8. The summed E-state index contributed by atoms with van der Waals surface area (Å²) in [5, 5.41) is 15.1. The van der Waals surface area contributed by atoms with Gasteiger partial charge in [-0.1, -0.05) is 164 Å². The molecule has 2 aromatic heterocycles. The first kappa shape index (κ1) is 35.7. The predicted octanol–water partition coefficient (Wildman–Crippen LogP) is 17.5. The van der Waals surface area contributed by atoms with Gasteiger partial charge in [0.2, 0.25) is 0 Å². The van der Waals surface area contributed by atoms with Gasteiger partial charge in [0.25, 0.3) is 0 Å². The van der Waals surface area contributed by atoms with Crippen LogP contribution >= 0.6 is 0 Å². The average Bonchev–Trinajstić information content (AvgIpc) is 4.02. The number of hydrogen-bond donors (Lipinski definition) is 0. The lowest BCUT2D eigenvalue weighted by atomic mass is 9.95. The van der Waals surface area contributed by atoms with Crippen molar-refractivity contribution in [2.75, 3.05) is 0 Å². The molecule has 12 aromatic carbocycles. The van der Waals surface area contributed by atoms with Crippen molar-refractivity contribution in [3.63, 3.8) is 0 Å². The molecule has 0 saturated heterocycles. The van der Waals surface area contributed by atoms with E-state index in [4.69, 9.17) is 0 Å². The van der Waals surface area contributed by atoms with Gasteiger partial charge in [-0.3, -0.25) is 0 Å². The summed E-state index contributed by atoms with van der Waals surface area (Å²) in [5.41, 5.74) is 17.4. The van der Waals surface area contributed by atoms with Crippen LogP contribution in [0, 0.1) is 0 Å². The molecular weight excluding hydrogens is 797 g/mol. The minimum absolute atomic E-state index is 1.16. The molecule has 2 heterocycles. The van der Waals surface area contributed by atoms with Crippen molar-refractivity contribution in [2.45, 2.75) is 0 Å². The highest BCUT2D eigenvalue weighted by atomic mass is 15.0.